The van der Waals surface area contributed by atoms with Crippen LogP contribution >= 0.6 is 0 Å². The Bertz CT molecular complexity index is 497. The maximum absolute atomic E-state index is 11.9. The van der Waals surface area contributed by atoms with Crippen molar-refractivity contribution in [2.24, 2.45) is 5.92 Å². The molecule has 88 valence electrons. The van der Waals surface area contributed by atoms with Gasteiger partial charge in [-0.25, -0.2) is 0 Å². The van der Waals surface area contributed by atoms with Gasteiger partial charge in [-0.2, -0.15) is 0 Å². The minimum absolute atomic E-state index is 0.0532. The van der Waals surface area contributed by atoms with Crippen LogP contribution in [0.2, 0.25) is 0 Å². The van der Waals surface area contributed by atoms with Crippen molar-refractivity contribution in [2.75, 3.05) is 4.90 Å². The third kappa shape index (κ3) is 1.44. The summed E-state index contributed by atoms with van der Waals surface area (Å²) in [5.41, 5.74) is 1.98. The van der Waals surface area contributed by atoms with Gasteiger partial charge in [-0.1, -0.05) is 18.2 Å². The summed E-state index contributed by atoms with van der Waals surface area (Å²) in [7, 11) is 0. The van der Waals surface area contributed by atoms with E-state index in [-0.39, 0.29) is 11.9 Å². The predicted octanol–water partition coefficient (Wildman–Crippen LogP) is 1.44. The molecule has 1 aromatic carbocycles. The van der Waals surface area contributed by atoms with Crippen LogP contribution < -0.4 is 4.90 Å². The Kier molecular flexibility index (Phi) is 2.18. The molecule has 1 amide bonds. The number of amides is 1. The van der Waals surface area contributed by atoms with Gasteiger partial charge in [0.1, 0.15) is 0 Å². The zero-order chi connectivity index (χ0) is 12.0. The van der Waals surface area contributed by atoms with Gasteiger partial charge in [-0.05, 0) is 24.5 Å². The molecule has 1 saturated heterocycles. The molecule has 0 aliphatic carbocycles. The van der Waals surface area contributed by atoms with E-state index in [4.69, 9.17) is 0 Å². The van der Waals surface area contributed by atoms with Gasteiger partial charge in [0, 0.05) is 12.1 Å². The number of fused-ring (bicyclic) bond motifs is 3. The summed E-state index contributed by atoms with van der Waals surface area (Å²) in [5.74, 6) is -1.17. The number of carbonyl (C=O) groups is 2. The highest BCUT2D eigenvalue weighted by Crippen LogP contribution is 2.39. The molecular weight excluding hydrogens is 218 g/mol. The normalized spacial score (nSPS) is 26.6. The van der Waals surface area contributed by atoms with Crippen LogP contribution in [0.15, 0.2) is 24.3 Å². The third-order valence-corrected chi connectivity index (χ3v) is 3.73. The molecule has 2 aliphatic rings. The van der Waals surface area contributed by atoms with Gasteiger partial charge in [0.25, 0.3) is 0 Å². The lowest BCUT2D eigenvalue weighted by atomic mass is 9.88. The van der Waals surface area contributed by atoms with Crippen molar-refractivity contribution >= 4 is 17.6 Å². The standard InChI is InChI=1S/C13H13NO3/c15-12-6-5-9(13(16)17)11-7-8-3-1-2-4-10(8)14(11)12/h1-4,9,11H,5-7H2,(H,16,17). The number of aliphatic carboxylic acids is 1. The molecule has 2 atom stereocenters. The molecule has 3 rings (SSSR count). The van der Waals surface area contributed by atoms with E-state index in [9.17, 15) is 14.7 Å². The molecule has 2 aliphatic heterocycles. The maximum Gasteiger partial charge on any atom is 0.308 e. The zero-order valence-corrected chi connectivity index (χ0v) is 9.30. The van der Waals surface area contributed by atoms with E-state index in [1.54, 1.807) is 4.90 Å². The first-order chi connectivity index (χ1) is 8.18. The van der Waals surface area contributed by atoms with Crippen LogP contribution in [0, 0.1) is 5.92 Å². The number of carbonyl (C=O) groups excluding carboxylic acids is 1. The van der Waals surface area contributed by atoms with Gasteiger partial charge in [0.05, 0.1) is 12.0 Å². The van der Waals surface area contributed by atoms with Crippen molar-refractivity contribution in [3.63, 3.8) is 0 Å². The molecule has 1 aromatic rings. The van der Waals surface area contributed by atoms with Crippen LogP contribution in [-0.2, 0) is 16.0 Å². The molecule has 2 heterocycles. The lowest BCUT2D eigenvalue weighted by molar-refractivity contribution is -0.144. The topological polar surface area (TPSA) is 57.6 Å². The SMILES string of the molecule is O=C(O)C1CCC(=O)N2c3ccccc3CC12. The number of carboxylic acids is 1. The average Bonchev–Trinajstić information content (AvgIpc) is 2.68. The summed E-state index contributed by atoms with van der Waals surface area (Å²) in [6.45, 7) is 0. The van der Waals surface area contributed by atoms with Gasteiger partial charge < -0.3 is 10.0 Å². The lowest BCUT2D eigenvalue weighted by Gasteiger charge is -2.34. The largest absolute Gasteiger partial charge is 0.481 e. The van der Waals surface area contributed by atoms with Crippen LogP contribution in [0.25, 0.3) is 0 Å². The number of rotatable bonds is 1. The molecule has 0 spiro atoms. The van der Waals surface area contributed by atoms with Gasteiger partial charge in [0.2, 0.25) is 5.91 Å². The summed E-state index contributed by atoms with van der Waals surface area (Å²) in [6, 6.07) is 7.50. The highest BCUT2D eigenvalue weighted by Gasteiger charge is 2.44. The molecular formula is C13H13NO3. The number of anilines is 1. The van der Waals surface area contributed by atoms with E-state index < -0.39 is 11.9 Å². The first-order valence-electron chi connectivity index (χ1n) is 5.81. The summed E-state index contributed by atoms with van der Waals surface area (Å²) in [4.78, 5) is 24.8. The quantitative estimate of drug-likeness (QED) is 0.795. The third-order valence-electron chi connectivity index (χ3n) is 3.73. The average molecular weight is 231 g/mol. The van der Waals surface area contributed by atoms with Crippen LogP contribution in [-0.4, -0.2) is 23.0 Å². The molecule has 0 bridgehead atoms. The van der Waals surface area contributed by atoms with E-state index in [2.05, 4.69) is 0 Å². The first-order valence-corrected chi connectivity index (χ1v) is 5.81. The number of piperidine rings is 1. The molecule has 0 aromatic heterocycles. The Morgan fingerprint density at radius 2 is 2.12 bits per heavy atom. The Morgan fingerprint density at radius 1 is 1.35 bits per heavy atom. The fourth-order valence-electron chi connectivity index (χ4n) is 2.94. The van der Waals surface area contributed by atoms with E-state index in [0.717, 1.165) is 11.3 Å². The van der Waals surface area contributed by atoms with Gasteiger partial charge in [0.15, 0.2) is 0 Å². The summed E-state index contributed by atoms with van der Waals surface area (Å²) in [5, 5.41) is 9.21. The minimum Gasteiger partial charge on any atom is -0.481 e. The number of carboxylic acid groups (broad SMARTS) is 1. The van der Waals surface area contributed by atoms with Crippen LogP contribution in [0.1, 0.15) is 18.4 Å². The van der Waals surface area contributed by atoms with Crippen molar-refractivity contribution in [3.05, 3.63) is 29.8 Å². The first kappa shape index (κ1) is 10.3. The predicted molar refractivity (Wildman–Crippen MR) is 61.8 cm³/mol. The number of hydrogen-bond acceptors (Lipinski definition) is 2. The van der Waals surface area contributed by atoms with Crippen LogP contribution in [0.5, 0.6) is 0 Å². The van der Waals surface area contributed by atoms with Gasteiger partial charge >= 0.3 is 5.97 Å². The van der Waals surface area contributed by atoms with Crippen LogP contribution in [0.4, 0.5) is 5.69 Å². The summed E-state index contributed by atoms with van der Waals surface area (Å²) in [6.07, 6.45) is 1.46. The molecule has 17 heavy (non-hydrogen) atoms. The van der Waals surface area contributed by atoms with Crippen molar-refractivity contribution in [1.82, 2.24) is 0 Å². The van der Waals surface area contributed by atoms with Crippen molar-refractivity contribution in [1.29, 1.82) is 0 Å². The van der Waals surface area contributed by atoms with Gasteiger partial charge in [-0.15, -0.1) is 0 Å². The number of para-hydroxylation sites is 1. The molecule has 1 N–H and O–H groups in total. The molecule has 0 radical (unpaired) electrons. The zero-order valence-electron chi connectivity index (χ0n) is 9.30. The Morgan fingerprint density at radius 3 is 2.88 bits per heavy atom. The van der Waals surface area contributed by atoms with E-state index >= 15 is 0 Å². The van der Waals surface area contributed by atoms with E-state index in [0.29, 0.717) is 19.3 Å². The Labute approximate surface area is 98.9 Å². The monoisotopic (exact) mass is 231 g/mol. The Hall–Kier alpha value is -1.84. The lowest BCUT2D eigenvalue weighted by Crippen LogP contribution is -2.49. The smallest absolute Gasteiger partial charge is 0.308 e. The second kappa shape index (κ2) is 3.58. The summed E-state index contributed by atoms with van der Waals surface area (Å²) < 4.78 is 0. The fourth-order valence-corrected chi connectivity index (χ4v) is 2.94. The van der Waals surface area contributed by atoms with Crippen molar-refractivity contribution in [3.8, 4) is 0 Å². The van der Waals surface area contributed by atoms with Gasteiger partial charge in [-0.3, -0.25) is 9.59 Å². The second-order valence-corrected chi connectivity index (χ2v) is 4.65. The minimum atomic E-state index is -0.791. The highest BCUT2D eigenvalue weighted by atomic mass is 16.4. The Balaban J connectivity index is 2.03. The van der Waals surface area contributed by atoms with Crippen LogP contribution in [0.3, 0.4) is 0 Å². The highest BCUT2D eigenvalue weighted by molar-refractivity contribution is 5.98. The molecule has 4 heteroatoms. The number of hydrogen-bond donors (Lipinski definition) is 1. The van der Waals surface area contributed by atoms with E-state index in [1.165, 1.54) is 0 Å². The molecule has 4 nitrogen and oxygen atoms in total. The second-order valence-electron chi connectivity index (χ2n) is 4.65. The summed E-state index contributed by atoms with van der Waals surface area (Å²) >= 11 is 0. The molecule has 0 saturated carbocycles. The number of nitrogens with zero attached hydrogens (tertiary/aromatic N) is 1. The molecule has 2 unspecified atom stereocenters. The van der Waals surface area contributed by atoms with E-state index in [1.807, 2.05) is 24.3 Å². The number of benzene rings is 1. The fraction of sp³-hybridized carbons (Fsp3) is 0.385. The maximum atomic E-state index is 11.9. The molecule has 1 fully saturated rings. The van der Waals surface area contributed by atoms with Crippen molar-refractivity contribution in [2.45, 2.75) is 25.3 Å². The van der Waals surface area contributed by atoms with Crippen molar-refractivity contribution < 1.29 is 14.7 Å².